The summed E-state index contributed by atoms with van der Waals surface area (Å²) in [5, 5.41) is 0. The van der Waals surface area contributed by atoms with Crippen LogP contribution in [0.1, 0.15) is 37.5 Å². The van der Waals surface area contributed by atoms with Gasteiger partial charge in [-0.2, -0.15) is 0 Å². The molecule has 0 fully saturated rings. The van der Waals surface area contributed by atoms with Crippen LogP contribution in [0.4, 0.5) is 5.69 Å². The average molecular weight is 239 g/mol. The van der Waals surface area contributed by atoms with Crippen molar-refractivity contribution in [3.05, 3.63) is 65.2 Å². The number of hydrogen-bond donors (Lipinski definition) is 1. The highest BCUT2D eigenvalue weighted by Crippen LogP contribution is 2.32. The first-order valence-corrected chi connectivity index (χ1v) is 6.50. The Labute approximate surface area is 110 Å². The lowest BCUT2D eigenvalue weighted by Gasteiger charge is -2.27. The van der Waals surface area contributed by atoms with Gasteiger partial charge < -0.3 is 5.73 Å². The molecule has 0 radical (unpaired) electrons. The molecule has 0 aliphatic rings. The van der Waals surface area contributed by atoms with Crippen molar-refractivity contribution in [2.75, 3.05) is 5.73 Å². The summed E-state index contributed by atoms with van der Waals surface area (Å²) in [7, 11) is 0. The summed E-state index contributed by atoms with van der Waals surface area (Å²) in [5.74, 6) is 0. The molecule has 0 amide bonds. The first-order chi connectivity index (χ1) is 8.55. The largest absolute Gasteiger partial charge is 0.399 e. The van der Waals surface area contributed by atoms with Crippen LogP contribution in [0.25, 0.3) is 0 Å². The van der Waals surface area contributed by atoms with Gasteiger partial charge in [0.15, 0.2) is 0 Å². The summed E-state index contributed by atoms with van der Waals surface area (Å²) in [6.07, 6.45) is 0.977. The Balaban J connectivity index is 2.47. The Kier molecular flexibility index (Phi) is 3.42. The van der Waals surface area contributed by atoms with Crippen LogP contribution >= 0.6 is 0 Å². The molecule has 2 aromatic rings. The van der Waals surface area contributed by atoms with E-state index in [2.05, 4.69) is 63.2 Å². The highest BCUT2D eigenvalue weighted by atomic mass is 14.6. The first kappa shape index (κ1) is 12.7. The zero-order valence-corrected chi connectivity index (χ0v) is 11.4. The molecule has 0 heterocycles. The lowest BCUT2D eigenvalue weighted by molar-refractivity contribution is 0.640. The van der Waals surface area contributed by atoms with Crippen LogP contribution in [-0.2, 0) is 11.8 Å². The van der Waals surface area contributed by atoms with Gasteiger partial charge in [0.2, 0.25) is 0 Å². The predicted molar refractivity (Wildman–Crippen MR) is 78.8 cm³/mol. The van der Waals surface area contributed by atoms with E-state index in [1.165, 1.54) is 16.7 Å². The van der Waals surface area contributed by atoms with Gasteiger partial charge in [-0.3, -0.25) is 0 Å². The van der Waals surface area contributed by atoms with Gasteiger partial charge in [0.25, 0.3) is 0 Å². The number of anilines is 1. The lowest BCUT2D eigenvalue weighted by atomic mass is 9.77. The fourth-order valence-corrected chi connectivity index (χ4v) is 2.32. The molecular weight excluding hydrogens is 218 g/mol. The maximum atomic E-state index is 5.98. The Morgan fingerprint density at radius 3 is 2.22 bits per heavy atom. The Morgan fingerprint density at radius 1 is 0.944 bits per heavy atom. The summed E-state index contributed by atoms with van der Waals surface area (Å²) in [6, 6.07) is 17.0. The van der Waals surface area contributed by atoms with E-state index < -0.39 is 0 Å². The van der Waals surface area contributed by atoms with Gasteiger partial charge in [-0.1, -0.05) is 63.2 Å². The minimum absolute atomic E-state index is 0.0128. The van der Waals surface area contributed by atoms with Gasteiger partial charge in [-0.05, 0) is 29.2 Å². The van der Waals surface area contributed by atoms with Crippen LogP contribution < -0.4 is 5.73 Å². The van der Waals surface area contributed by atoms with Crippen LogP contribution in [0.3, 0.4) is 0 Å². The van der Waals surface area contributed by atoms with E-state index in [0.717, 1.165) is 12.1 Å². The van der Waals surface area contributed by atoms with Crippen LogP contribution in [-0.4, -0.2) is 0 Å². The van der Waals surface area contributed by atoms with Crippen LogP contribution in [0.5, 0.6) is 0 Å². The molecular formula is C17H21N. The third-order valence-electron chi connectivity index (χ3n) is 3.74. The molecule has 94 valence electrons. The average Bonchev–Trinajstić information content (AvgIpc) is 2.40. The zero-order chi connectivity index (χ0) is 13.2. The molecule has 1 nitrogen and oxygen atoms in total. The molecule has 1 heteroatoms. The van der Waals surface area contributed by atoms with Gasteiger partial charge in [-0.25, -0.2) is 0 Å². The minimum atomic E-state index is 0.0128. The van der Waals surface area contributed by atoms with E-state index in [1.54, 1.807) is 0 Å². The second-order valence-corrected chi connectivity index (χ2v) is 5.26. The number of aryl methyl sites for hydroxylation is 1. The molecule has 2 aromatic carbocycles. The van der Waals surface area contributed by atoms with Crippen molar-refractivity contribution in [3.8, 4) is 0 Å². The fraction of sp³-hybridized carbons (Fsp3) is 0.294. The fourth-order valence-electron chi connectivity index (χ4n) is 2.32. The van der Waals surface area contributed by atoms with E-state index >= 15 is 0 Å². The molecule has 0 aromatic heterocycles. The maximum absolute atomic E-state index is 5.98. The maximum Gasteiger partial charge on any atom is 0.0346 e. The number of rotatable bonds is 3. The third-order valence-corrected chi connectivity index (χ3v) is 3.74. The molecule has 0 aliphatic heterocycles. The molecule has 18 heavy (non-hydrogen) atoms. The lowest BCUT2D eigenvalue weighted by Crippen LogP contribution is -2.19. The van der Waals surface area contributed by atoms with E-state index in [4.69, 9.17) is 5.73 Å². The molecule has 2 rings (SSSR count). The third kappa shape index (κ3) is 2.26. The monoisotopic (exact) mass is 239 g/mol. The van der Waals surface area contributed by atoms with Crippen molar-refractivity contribution in [3.63, 3.8) is 0 Å². The summed E-state index contributed by atoms with van der Waals surface area (Å²) in [4.78, 5) is 0. The van der Waals surface area contributed by atoms with E-state index in [-0.39, 0.29) is 5.41 Å². The summed E-state index contributed by atoms with van der Waals surface area (Å²) in [6.45, 7) is 6.66. The predicted octanol–water partition coefficient (Wildman–Crippen LogP) is 4.16. The number of nitrogen functional groups attached to an aromatic ring is 1. The smallest absolute Gasteiger partial charge is 0.0346 e. The van der Waals surface area contributed by atoms with Gasteiger partial charge in [0, 0.05) is 11.1 Å². The van der Waals surface area contributed by atoms with E-state index in [0.29, 0.717) is 0 Å². The van der Waals surface area contributed by atoms with Crippen LogP contribution in [0.2, 0.25) is 0 Å². The van der Waals surface area contributed by atoms with Crippen molar-refractivity contribution < 1.29 is 0 Å². The van der Waals surface area contributed by atoms with Crippen molar-refractivity contribution >= 4 is 5.69 Å². The van der Waals surface area contributed by atoms with Crippen LogP contribution in [0.15, 0.2) is 48.5 Å². The SMILES string of the molecule is CCc1cc(C(C)(C)c2ccccc2)ccc1N. The molecule has 0 saturated heterocycles. The Hall–Kier alpha value is -1.76. The standard InChI is InChI=1S/C17H21N/c1-4-13-12-15(10-11-16(13)18)17(2,3)14-8-6-5-7-9-14/h5-12H,4,18H2,1-3H3. The highest BCUT2D eigenvalue weighted by Gasteiger charge is 2.23. The topological polar surface area (TPSA) is 26.0 Å². The zero-order valence-electron chi connectivity index (χ0n) is 11.4. The Bertz CT molecular complexity index is 527. The number of nitrogens with two attached hydrogens (primary N) is 1. The second-order valence-electron chi connectivity index (χ2n) is 5.26. The number of benzene rings is 2. The first-order valence-electron chi connectivity index (χ1n) is 6.50. The molecule has 0 saturated carbocycles. The quantitative estimate of drug-likeness (QED) is 0.800. The van der Waals surface area contributed by atoms with Crippen molar-refractivity contribution in [1.29, 1.82) is 0 Å². The molecule has 0 atom stereocenters. The van der Waals surface area contributed by atoms with Gasteiger partial charge in [0.1, 0.15) is 0 Å². The van der Waals surface area contributed by atoms with Gasteiger partial charge in [0.05, 0.1) is 0 Å². The van der Waals surface area contributed by atoms with Crippen molar-refractivity contribution in [2.45, 2.75) is 32.6 Å². The van der Waals surface area contributed by atoms with Gasteiger partial charge >= 0.3 is 0 Å². The molecule has 0 spiro atoms. The minimum Gasteiger partial charge on any atom is -0.399 e. The molecule has 0 aliphatic carbocycles. The van der Waals surface area contributed by atoms with E-state index in [1.807, 2.05) is 6.07 Å². The highest BCUT2D eigenvalue weighted by molar-refractivity contribution is 5.51. The molecule has 2 N–H and O–H groups in total. The summed E-state index contributed by atoms with van der Waals surface area (Å²) in [5.41, 5.74) is 10.8. The van der Waals surface area contributed by atoms with Crippen molar-refractivity contribution in [1.82, 2.24) is 0 Å². The second kappa shape index (κ2) is 4.85. The van der Waals surface area contributed by atoms with Crippen molar-refractivity contribution in [2.24, 2.45) is 0 Å². The summed E-state index contributed by atoms with van der Waals surface area (Å²) >= 11 is 0. The summed E-state index contributed by atoms with van der Waals surface area (Å²) < 4.78 is 0. The molecule has 0 bridgehead atoms. The van der Waals surface area contributed by atoms with Crippen LogP contribution in [0, 0.1) is 0 Å². The number of hydrogen-bond acceptors (Lipinski definition) is 1. The Morgan fingerprint density at radius 2 is 1.61 bits per heavy atom. The normalized spacial score (nSPS) is 11.5. The van der Waals surface area contributed by atoms with E-state index in [9.17, 15) is 0 Å². The van der Waals surface area contributed by atoms with Gasteiger partial charge in [-0.15, -0.1) is 0 Å². The molecule has 0 unspecified atom stereocenters.